The third-order valence-electron chi connectivity index (χ3n) is 6.13. The summed E-state index contributed by atoms with van der Waals surface area (Å²) in [5.74, 6) is 0.271. The van der Waals surface area contributed by atoms with Crippen molar-refractivity contribution in [2.45, 2.75) is 12.8 Å². The van der Waals surface area contributed by atoms with Gasteiger partial charge in [0.25, 0.3) is 0 Å². The Morgan fingerprint density at radius 1 is 0.791 bits per heavy atom. The number of hydrogen-bond acceptors (Lipinski definition) is 13. The van der Waals surface area contributed by atoms with Crippen molar-refractivity contribution in [3.63, 3.8) is 0 Å². The van der Waals surface area contributed by atoms with Gasteiger partial charge in [-0.1, -0.05) is 0 Å². The van der Waals surface area contributed by atoms with E-state index in [9.17, 15) is 0 Å². The molecule has 0 radical (unpaired) electrons. The molecule has 0 saturated heterocycles. The lowest BCUT2D eigenvalue weighted by Gasteiger charge is -2.04. The summed E-state index contributed by atoms with van der Waals surface area (Å²) in [6, 6.07) is 8.28. The van der Waals surface area contributed by atoms with E-state index in [2.05, 4.69) is 40.1 Å². The lowest BCUT2D eigenvalue weighted by Crippen LogP contribution is -1.99. The van der Waals surface area contributed by atoms with Gasteiger partial charge in [0, 0.05) is 47.0 Å². The van der Waals surface area contributed by atoms with E-state index in [4.69, 9.17) is 30.8 Å². The molecular weight excluding hydrogens is 552 g/mol. The minimum absolute atomic E-state index is 0.186. The first kappa shape index (κ1) is 26.4. The maximum atomic E-state index is 8.66. The molecule has 0 bridgehead atoms. The number of nitriles is 2. The minimum atomic E-state index is 0.186. The highest BCUT2D eigenvalue weighted by molar-refractivity contribution is 5.88. The lowest BCUT2D eigenvalue weighted by atomic mass is 10.1. The largest absolute Gasteiger partial charge is 0.430 e. The molecule has 0 aliphatic carbocycles. The Hall–Kier alpha value is -6.81. The number of nitrogens with one attached hydrogen (secondary N) is 1. The molecule has 0 unspecified atom stereocenters. The average molecular weight is 573 g/mol. The van der Waals surface area contributed by atoms with E-state index >= 15 is 0 Å². The molecule has 0 fully saturated rings. The minimum Gasteiger partial charge on any atom is -0.430 e. The number of H-pyrrole nitrogens is 1. The van der Waals surface area contributed by atoms with E-state index in [0.717, 1.165) is 27.8 Å². The molecule has 0 amide bonds. The highest BCUT2D eigenvalue weighted by atomic mass is 16.4. The van der Waals surface area contributed by atoms with E-state index in [1.807, 2.05) is 18.2 Å². The van der Waals surface area contributed by atoms with Crippen LogP contribution < -0.4 is 11.5 Å². The van der Waals surface area contributed by atoms with Crippen molar-refractivity contribution in [3.8, 4) is 46.4 Å². The fourth-order valence-electron chi connectivity index (χ4n) is 4.09. The summed E-state index contributed by atoms with van der Waals surface area (Å²) >= 11 is 0. The van der Waals surface area contributed by atoms with Crippen LogP contribution in [0.1, 0.15) is 11.4 Å². The molecule has 0 aromatic carbocycles. The Labute approximate surface area is 241 Å². The number of aromatic nitrogens is 10. The Bertz CT molecular complexity index is 2120. The Morgan fingerprint density at radius 3 is 2.00 bits per heavy atom. The molecule has 0 aliphatic heterocycles. The van der Waals surface area contributed by atoms with Crippen LogP contribution in [0.5, 0.6) is 0 Å². The van der Waals surface area contributed by atoms with Gasteiger partial charge in [0.15, 0.2) is 5.65 Å². The predicted octanol–water partition coefficient (Wildman–Crippen LogP) is 3.02. The van der Waals surface area contributed by atoms with Crippen molar-refractivity contribution in [1.82, 2.24) is 49.5 Å². The van der Waals surface area contributed by atoms with Crippen molar-refractivity contribution < 1.29 is 8.83 Å². The first-order chi connectivity index (χ1) is 21.0. The van der Waals surface area contributed by atoms with Crippen molar-refractivity contribution in [2.75, 3.05) is 11.5 Å². The molecule has 7 rings (SSSR count). The number of nitrogen functional groups attached to an aromatic ring is 2. The molecular formula is C27H20N14O2. The van der Waals surface area contributed by atoms with Gasteiger partial charge in [-0.3, -0.25) is 0 Å². The Morgan fingerprint density at radius 2 is 1.37 bits per heavy atom. The SMILES string of the molecule is N#CCc1coc(-n2cc(-c3ccnc(N)c3N)cn2)n1.N#CCc1coc(-n2cc(-c3ccnc4nc[nH]c34)cn2)n1. The first-order valence-corrected chi connectivity index (χ1v) is 12.6. The number of aromatic amines is 1. The maximum absolute atomic E-state index is 8.66. The molecule has 0 saturated carbocycles. The highest BCUT2D eigenvalue weighted by Crippen LogP contribution is 2.29. The normalized spacial score (nSPS) is 10.7. The third kappa shape index (κ3) is 5.34. The van der Waals surface area contributed by atoms with Crippen molar-refractivity contribution in [3.05, 3.63) is 79.6 Å². The van der Waals surface area contributed by atoms with E-state index in [0.29, 0.717) is 28.7 Å². The summed E-state index contributed by atoms with van der Waals surface area (Å²) < 4.78 is 13.6. The summed E-state index contributed by atoms with van der Waals surface area (Å²) in [5, 5.41) is 25.7. The van der Waals surface area contributed by atoms with Gasteiger partial charge in [-0.05, 0) is 12.1 Å². The van der Waals surface area contributed by atoms with Crippen LogP contribution in [0.15, 0.2) is 77.0 Å². The smallest absolute Gasteiger partial charge is 0.322 e. The molecule has 0 atom stereocenters. The topological polar surface area (TPSA) is 242 Å². The van der Waals surface area contributed by atoms with Gasteiger partial charge in [-0.2, -0.15) is 40.1 Å². The predicted molar refractivity (Wildman–Crippen MR) is 151 cm³/mol. The van der Waals surface area contributed by atoms with E-state index in [1.54, 1.807) is 49.6 Å². The average Bonchev–Trinajstić information content (AvgIpc) is 3.84. The number of imidazole rings is 1. The first-order valence-electron chi connectivity index (χ1n) is 12.6. The molecule has 7 heterocycles. The van der Waals surface area contributed by atoms with Crippen molar-refractivity contribution in [2.24, 2.45) is 0 Å². The number of oxazole rings is 2. The molecule has 0 spiro atoms. The van der Waals surface area contributed by atoms with Gasteiger partial charge in [0.2, 0.25) is 0 Å². The lowest BCUT2D eigenvalue weighted by molar-refractivity contribution is 0.509. The van der Waals surface area contributed by atoms with Gasteiger partial charge in [0.05, 0.1) is 66.3 Å². The zero-order valence-corrected chi connectivity index (χ0v) is 22.2. The van der Waals surface area contributed by atoms with Crippen LogP contribution in [-0.4, -0.2) is 49.5 Å². The van der Waals surface area contributed by atoms with Crippen LogP contribution in [0.4, 0.5) is 11.5 Å². The van der Waals surface area contributed by atoms with Crippen LogP contribution in [0.2, 0.25) is 0 Å². The van der Waals surface area contributed by atoms with Gasteiger partial charge in [-0.15, -0.1) is 0 Å². The van der Waals surface area contributed by atoms with Gasteiger partial charge >= 0.3 is 12.0 Å². The zero-order valence-electron chi connectivity index (χ0n) is 22.2. The summed E-state index contributed by atoms with van der Waals surface area (Å²) in [4.78, 5) is 23.7. The highest BCUT2D eigenvalue weighted by Gasteiger charge is 2.13. The molecule has 5 N–H and O–H groups in total. The van der Waals surface area contributed by atoms with Crippen molar-refractivity contribution >= 4 is 22.7 Å². The van der Waals surface area contributed by atoms with Crippen LogP contribution in [-0.2, 0) is 12.8 Å². The van der Waals surface area contributed by atoms with E-state index in [1.165, 1.54) is 21.9 Å². The van der Waals surface area contributed by atoms with Gasteiger partial charge < -0.3 is 25.3 Å². The molecule has 210 valence electrons. The number of anilines is 2. The Balaban J connectivity index is 0.000000153. The van der Waals surface area contributed by atoms with Crippen LogP contribution >= 0.6 is 0 Å². The molecule has 7 aromatic heterocycles. The molecule has 16 heteroatoms. The second-order valence-corrected chi connectivity index (χ2v) is 8.88. The van der Waals surface area contributed by atoms with Gasteiger partial charge in [-0.25, -0.2) is 15.0 Å². The number of hydrogen-bond donors (Lipinski definition) is 3. The summed E-state index contributed by atoms with van der Waals surface area (Å²) in [7, 11) is 0. The summed E-state index contributed by atoms with van der Waals surface area (Å²) in [5.41, 5.74) is 17.9. The molecule has 0 aliphatic rings. The van der Waals surface area contributed by atoms with Crippen LogP contribution in [0.3, 0.4) is 0 Å². The van der Waals surface area contributed by atoms with E-state index < -0.39 is 0 Å². The monoisotopic (exact) mass is 572 g/mol. The van der Waals surface area contributed by atoms with Crippen LogP contribution in [0.25, 0.3) is 45.4 Å². The summed E-state index contributed by atoms with van der Waals surface area (Å²) in [6.45, 7) is 0. The third-order valence-corrected chi connectivity index (χ3v) is 6.13. The maximum Gasteiger partial charge on any atom is 0.322 e. The number of fused-ring (bicyclic) bond motifs is 1. The van der Waals surface area contributed by atoms with Gasteiger partial charge in [0.1, 0.15) is 18.3 Å². The fourth-order valence-corrected chi connectivity index (χ4v) is 4.09. The number of nitrogens with zero attached hydrogens (tertiary/aromatic N) is 11. The van der Waals surface area contributed by atoms with Crippen molar-refractivity contribution in [1.29, 1.82) is 10.5 Å². The zero-order chi connectivity index (χ0) is 29.8. The molecule has 7 aromatic rings. The van der Waals surface area contributed by atoms with E-state index in [-0.39, 0.29) is 24.7 Å². The Kier molecular flexibility index (Phi) is 6.97. The molecule has 16 nitrogen and oxygen atoms in total. The summed E-state index contributed by atoms with van der Waals surface area (Å²) in [6.07, 6.45) is 15.0. The number of pyridine rings is 2. The second-order valence-electron chi connectivity index (χ2n) is 8.88. The quantitative estimate of drug-likeness (QED) is 0.260. The second kappa shape index (κ2) is 11.4. The molecule has 43 heavy (non-hydrogen) atoms. The number of nitrogens with two attached hydrogens (primary N) is 2. The number of rotatable bonds is 6. The fraction of sp³-hybridized carbons (Fsp3) is 0.0741. The van der Waals surface area contributed by atoms with Crippen LogP contribution in [0, 0.1) is 22.7 Å². The standard InChI is InChI=1S/C14H9N7O.C13H11N7O/c15-3-1-10-7-22-14(20-10)21-6-9(5-19-21)11-2-4-16-13-12(11)17-8-18-13;14-3-1-9-7-21-13(19-9)20-6-8(5-18-20)10-2-4-17-12(16)11(10)15/h2,4-8H,1H2,(H,16,17,18);2,4-7H,1,15H2,(H2,16,17).